The molecule has 8 heteroatoms. The molecule has 2 aromatic heterocycles. The Hall–Kier alpha value is -3.13. The number of hydrogen-bond donors (Lipinski definition) is 4. The summed E-state index contributed by atoms with van der Waals surface area (Å²) in [6.07, 6.45) is 5.55. The molecule has 4 N–H and O–H groups in total. The summed E-state index contributed by atoms with van der Waals surface area (Å²) in [5, 5.41) is 13.9. The van der Waals surface area contributed by atoms with Crippen molar-refractivity contribution in [2.45, 2.75) is 37.8 Å². The highest BCUT2D eigenvalue weighted by Crippen LogP contribution is 2.31. The fourth-order valence-electron chi connectivity index (χ4n) is 4.33. The van der Waals surface area contributed by atoms with E-state index in [-0.39, 0.29) is 28.6 Å². The summed E-state index contributed by atoms with van der Waals surface area (Å²) in [6.45, 7) is 1.68. The normalized spacial score (nSPS) is 19.1. The number of carboxylic acids is 1. The standard InChI is InChI=1S/C21H22N4O4/c26-19-18-17(15(9-23-18)21(28)29)14-8-11(3-6-16(14)24-19)20(27)25(13-4-5-13)10-12-2-1-7-22-12/h3,6,8-9,12-13,22-23H,1-2,4-5,7,10H2,(H,24,26)(H,28,29). The summed E-state index contributed by atoms with van der Waals surface area (Å²) in [4.78, 5) is 44.7. The molecule has 1 aromatic carbocycles. The maximum atomic E-state index is 13.3. The smallest absolute Gasteiger partial charge is 0.337 e. The molecule has 2 fully saturated rings. The molecule has 1 aliphatic heterocycles. The van der Waals surface area contributed by atoms with Crippen LogP contribution < -0.4 is 10.9 Å². The van der Waals surface area contributed by atoms with Crippen LogP contribution in [-0.2, 0) is 0 Å². The van der Waals surface area contributed by atoms with Crippen molar-refractivity contribution in [3.63, 3.8) is 0 Å². The lowest BCUT2D eigenvalue weighted by atomic mass is 10.0. The predicted molar refractivity (Wildman–Crippen MR) is 108 cm³/mol. The van der Waals surface area contributed by atoms with E-state index in [0.29, 0.717) is 34.4 Å². The number of H-pyrrole nitrogens is 2. The molecule has 5 rings (SSSR count). The van der Waals surface area contributed by atoms with Gasteiger partial charge >= 0.3 is 5.97 Å². The molecular formula is C21H22N4O4. The molecule has 1 amide bonds. The number of nitrogens with zero attached hydrogens (tertiary/aromatic N) is 1. The lowest BCUT2D eigenvalue weighted by molar-refractivity contribution is 0.0697. The van der Waals surface area contributed by atoms with Crippen LogP contribution in [0.25, 0.3) is 21.8 Å². The molecule has 8 nitrogen and oxygen atoms in total. The van der Waals surface area contributed by atoms with Gasteiger partial charge in [0.25, 0.3) is 11.5 Å². The Bertz CT molecular complexity index is 1180. The Morgan fingerprint density at radius 1 is 1.21 bits per heavy atom. The lowest BCUT2D eigenvalue weighted by Gasteiger charge is -2.26. The van der Waals surface area contributed by atoms with Gasteiger partial charge in [-0.2, -0.15) is 0 Å². The van der Waals surface area contributed by atoms with Gasteiger partial charge in [0.1, 0.15) is 5.52 Å². The minimum Gasteiger partial charge on any atom is -0.478 e. The molecule has 0 radical (unpaired) electrons. The van der Waals surface area contributed by atoms with Gasteiger partial charge in [0.15, 0.2) is 0 Å². The second-order valence-electron chi connectivity index (χ2n) is 7.95. The quantitative estimate of drug-likeness (QED) is 0.528. The summed E-state index contributed by atoms with van der Waals surface area (Å²) in [6, 6.07) is 5.69. The average Bonchev–Trinajstić information content (AvgIpc) is 3.22. The molecule has 0 bridgehead atoms. The number of carbonyl (C=O) groups excluding carboxylic acids is 1. The van der Waals surface area contributed by atoms with E-state index in [0.717, 1.165) is 32.2 Å². The van der Waals surface area contributed by atoms with Crippen LogP contribution >= 0.6 is 0 Å². The van der Waals surface area contributed by atoms with Crippen LogP contribution in [0.5, 0.6) is 0 Å². The van der Waals surface area contributed by atoms with E-state index in [2.05, 4.69) is 15.3 Å². The first kappa shape index (κ1) is 17.9. The maximum absolute atomic E-state index is 13.3. The van der Waals surface area contributed by atoms with Crippen molar-refractivity contribution in [1.29, 1.82) is 0 Å². The number of fused-ring (bicyclic) bond motifs is 3. The number of carboxylic acid groups (broad SMARTS) is 1. The molecule has 29 heavy (non-hydrogen) atoms. The summed E-state index contributed by atoms with van der Waals surface area (Å²) in [5.74, 6) is -1.17. The third-order valence-electron chi connectivity index (χ3n) is 5.95. The largest absolute Gasteiger partial charge is 0.478 e. The zero-order chi connectivity index (χ0) is 20.1. The van der Waals surface area contributed by atoms with Crippen molar-refractivity contribution in [1.82, 2.24) is 20.2 Å². The third kappa shape index (κ3) is 3.09. The first-order valence-corrected chi connectivity index (χ1v) is 9.97. The number of nitrogens with one attached hydrogen (secondary N) is 3. The number of aromatic carboxylic acids is 1. The van der Waals surface area contributed by atoms with Crippen LogP contribution in [0.3, 0.4) is 0 Å². The number of rotatable bonds is 5. The van der Waals surface area contributed by atoms with Crippen molar-refractivity contribution in [2.24, 2.45) is 0 Å². The molecule has 3 heterocycles. The van der Waals surface area contributed by atoms with Crippen LogP contribution in [0, 0.1) is 0 Å². The van der Waals surface area contributed by atoms with Crippen LogP contribution in [0.15, 0.2) is 29.2 Å². The zero-order valence-electron chi connectivity index (χ0n) is 15.8. The van der Waals surface area contributed by atoms with Gasteiger partial charge in [-0.3, -0.25) is 9.59 Å². The van der Waals surface area contributed by atoms with Crippen molar-refractivity contribution < 1.29 is 14.7 Å². The SMILES string of the molecule is O=C(O)c1c[nH]c2c(=O)[nH]c3ccc(C(=O)N(CC4CCCN4)C4CC4)cc3c12. The molecule has 1 saturated heterocycles. The second kappa shape index (κ2) is 6.73. The number of hydrogen-bond acceptors (Lipinski definition) is 4. The molecule has 1 saturated carbocycles. The Morgan fingerprint density at radius 3 is 2.72 bits per heavy atom. The summed E-state index contributed by atoms with van der Waals surface area (Å²) >= 11 is 0. The first-order chi connectivity index (χ1) is 14.0. The summed E-state index contributed by atoms with van der Waals surface area (Å²) in [7, 11) is 0. The zero-order valence-corrected chi connectivity index (χ0v) is 15.8. The Kier molecular flexibility index (Phi) is 4.16. The van der Waals surface area contributed by atoms with Crippen molar-refractivity contribution in [3.05, 3.63) is 45.9 Å². The van der Waals surface area contributed by atoms with Gasteiger partial charge < -0.3 is 25.3 Å². The molecule has 1 atom stereocenters. The van der Waals surface area contributed by atoms with Gasteiger partial charge in [0.2, 0.25) is 0 Å². The fraction of sp³-hybridized carbons (Fsp3) is 0.381. The highest BCUT2D eigenvalue weighted by Gasteiger charge is 2.35. The van der Waals surface area contributed by atoms with Crippen molar-refractivity contribution >= 4 is 33.7 Å². The maximum Gasteiger partial charge on any atom is 0.337 e. The van der Waals surface area contributed by atoms with Crippen LogP contribution in [-0.4, -0.2) is 57.0 Å². The van der Waals surface area contributed by atoms with E-state index < -0.39 is 5.97 Å². The van der Waals surface area contributed by atoms with Crippen molar-refractivity contribution in [3.8, 4) is 0 Å². The Labute approximate surface area is 165 Å². The van der Waals surface area contributed by atoms with E-state index in [1.165, 1.54) is 6.20 Å². The molecule has 3 aromatic rings. The number of benzene rings is 1. The number of amides is 1. The molecule has 0 spiro atoms. The van der Waals surface area contributed by atoms with E-state index in [9.17, 15) is 19.5 Å². The Balaban J connectivity index is 1.59. The van der Waals surface area contributed by atoms with Gasteiger partial charge in [0, 0.05) is 46.7 Å². The highest BCUT2D eigenvalue weighted by molar-refractivity contribution is 6.15. The van der Waals surface area contributed by atoms with Crippen LogP contribution in [0.4, 0.5) is 0 Å². The first-order valence-electron chi connectivity index (χ1n) is 9.97. The van der Waals surface area contributed by atoms with E-state index >= 15 is 0 Å². The van der Waals surface area contributed by atoms with Gasteiger partial charge in [-0.15, -0.1) is 0 Å². The van der Waals surface area contributed by atoms with Gasteiger partial charge in [-0.1, -0.05) is 0 Å². The molecule has 150 valence electrons. The minimum atomic E-state index is -1.12. The lowest BCUT2D eigenvalue weighted by Crippen LogP contribution is -2.42. The molecule has 1 unspecified atom stereocenters. The van der Waals surface area contributed by atoms with Gasteiger partial charge in [-0.25, -0.2) is 4.79 Å². The van der Waals surface area contributed by atoms with Crippen molar-refractivity contribution in [2.75, 3.05) is 13.1 Å². The van der Waals surface area contributed by atoms with E-state index in [1.807, 2.05) is 4.90 Å². The molecule has 1 aliphatic carbocycles. The highest BCUT2D eigenvalue weighted by atomic mass is 16.4. The second-order valence-corrected chi connectivity index (χ2v) is 7.95. The summed E-state index contributed by atoms with van der Waals surface area (Å²) in [5.41, 5.74) is 0.861. The number of aromatic nitrogens is 2. The monoisotopic (exact) mass is 394 g/mol. The topological polar surface area (TPSA) is 118 Å². The van der Waals surface area contributed by atoms with E-state index in [1.54, 1.807) is 18.2 Å². The number of carbonyl (C=O) groups is 2. The van der Waals surface area contributed by atoms with Gasteiger partial charge in [-0.05, 0) is 50.4 Å². The van der Waals surface area contributed by atoms with Crippen LogP contribution in [0.1, 0.15) is 46.4 Å². The van der Waals surface area contributed by atoms with Crippen LogP contribution in [0.2, 0.25) is 0 Å². The number of aromatic amines is 2. The fourth-order valence-corrected chi connectivity index (χ4v) is 4.33. The number of pyridine rings is 1. The molecular weight excluding hydrogens is 372 g/mol. The molecule has 2 aliphatic rings. The van der Waals surface area contributed by atoms with E-state index in [4.69, 9.17) is 0 Å². The minimum absolute atomic E-state index is 0.0231. The third-order valence-corrected chi connectivity index (χ3v) is 5.95. The van der Waals surface area contributed by atoms with Gasteiger partial charge in [0.05, 0.1) is 5.56 Å². The Morgan fingerprint density at radius 2 is 2.03 bits per heavy atom. The summed E-state index contributed by atoms with van der Waals surface area (Å²) < 4.78 is 0. The predicted octanol–water partition coefficient (Wildman–Crippen LogP) is 2.06. The average molecular weight is 394 g/mol.